The maximum absolute atomic E-state index is 6.57. The molecule has 0 spiro atoms. The van der Waals surface area contributed by atoms with Crippen molar-refractivity contribution in [2.24, 2.45) is 0 Å². The molecule has 5 rings (SSSR count). The van der Waals surface area contributed by atoms with Crippen molar-refractivity contribution >= 4 is 23.4 Å². The summed E-state index contributed by atoms with van der Waals surface area (Å²) in [6.07, 6.45) is 11.7. The fourth-order valence-electron chi connectivity index (χ4n) is 5.37. The van der Waals surface area contributed by atoms with Crippen LogP contribution in [0.3, 0.4) is 0 Å². The highest BCUT2D eigenvalue weighted by Gasteiger charge is 2.38. The molecule has 1 aromatic rings. The molecule has 0 aliphatic carbocycles. The van der Waals surface area contributed by atoms with Gasteiger partial charge in [-0.2, -0.15) is 4.98 Å². The number of halogens is 1. The Bertz CT molecular complexity index is 663. The second-order valence-electron chi connectivity index (χ2n) is 8.25. The van der Waals surface area contributed by atoms with Gasteiger partial charge >= 0.3 is 0 Å². The number of anilines is 2. The van der Waals surface area contributed by atoms with Crippen molar-refractivity contribution in [1.29, 1.82) is 0 Å². The second-order valence-corrected chi connectivity index (χ2v) is 8.66. The summed E-state index contributed by atoms with van der Waals surface area (Å²) in [5.41, 5.74) is 0. The average molecular weight is 393 g/mol. The molecular formula is C20H29ClN4O2. The average Bonchev–Trinajstić information content (AvgIpc) is 3.49. The van der Waals surface area contributed by atoms with Gasteiger partial charge in [-0.25, -0.2) is 4.98 Å². The van der Waals surface area contributed by atoms with Gasteiger partial charge in [0.15, 0.2) is 5.82 Å². The van der Waals surface area contributed by atoms with Crippen molar-refractivity contribution in [1.82, 2.24) is 9.97 Å². The van der Waals surface area contributed by atoms with Crippen molar-refractivity contribution in [3.63, 3.8) is 0 Å². The maximum atomic E-state index is 6.57. The lowest BCUT2D eigenvalue weighted by molar-refractivity contribution is 0.0904. The van der Waals surface area contributed by atoms with Crippen LogP contribution >= 0.6 is 11.6 Å². The van der Waals surface area contributed by atoms with Crippen LogP contribution in [-0.2, 0) is 9.47 Å². The smallest absolute Gasteiger partial charge is 0.227 e. The van der Waals surface area contributed by atoms with Crippen LogP contribution in [0.5, 0.6) is 0 Å². The van der Waals surface area contributed by atoms with Crippen LogP contribution in [0.25, 0.3) is 0 Å². The summed E-state index contributed by atoms with van der Waals surface area (Å²) < 4.78 is 12.0. The third kappa shape index (κ3) is 3.40. The van der Waals surface area contributed by atoms with E-state index >= 15 is 0 Å². The molecule has 0 bridgehead atoms. The highest BCUT2D eigenvalue weighted by Crippen LogP contribution is 2.37. The van der Waals surface area contributed by atoms with Crippen molar-refractivity contribution in [2.75, 3.05) is 36.1 Å². The van der Waals surface area contributed by atoms with Gasteiger partial charge in [0.2, 0.25) is 5.95 Å². The Kier molecular flexibility index (Phi) is 5.13. The standard InChI is InChI=1S/C20H29ClN4O2/c21-14-13-22-20(25-10-2-6-16(25)18-8-4-12-27-18)23-19(14)24-9-1-5-15(24)17-7-3-11-26-17/h13,15-18H,1-12H2. The van der Waals surface area contributed by atoms with Gasteiger partial charge in [-0.1, -0.05) is 11.6 Å². The first-order valence-corrected chi connectivity index (χ1v) is 11.0. The molecule has 0 aromatic carbocycles. The predicted octanol–water partition coefficient (Wildman–Crippen LogP) is 3.43. The Morgan fingerprint density at radius 3 is 2.11 bits per heavy atom. The summed E-state index contributed by atoms with van der Waals surface area (Å²) in [5, 5.41) is 0.650. The molecule has 4 fully saturated rings. The zero-order valence-electron chi connectivity index (χ0n) is 15.9. The van der Waals surface area contributed by atoms with E-state index < -0.39 is 0 Å². The molecule has 0 radical (unpaired) electrons. The third-order valence-electron chi connectivity index (χ3n) is 6.63. The fraction of sp³-hybridized carbons (Fsp3) is 0.800. The number of aromatic nitrogens is 2. The Hall–Kier alpha value is -1.11. The van der Waals surface area contributed by atoms with Crippen molar-refractivity contribution in [2.45, 2.75) is 75.7 Å². The van der Waals surface area contributed by atoms with Gasteiger partial charge in [0.05, 0.1) is 30.5 Å². The minimum atomic E-state index is 0.313. The monoisotopic (exact) mass is 392 g/mol. The summed E-state index contributed by atoms with van der Waals surface area (Å²) in [7, 11) is 0. The van der Waals surface area contributed by atoms with Crippen LogP contribution in [0.1, 0.15) is 51.4 Å². The van der Waals surface area contributed by atoms with Crippen LogP contribution in [0.2, 0.25) is 5.02 Å². The molecule has 0 saturated carbocycles. The van der Waals surface area contributed by atoms with Crippen LogP contribution in [-0.4, -0.2) is 60.6 Å². The van der Waals surface area contributed by atoms with E-state index in [-0.39, 0.29) is 0 Å². The minimum absolute atomic E-state index is 0.313. The number of rotatable bonds is 4. The third-order valence-corrected chi connectivity index (χ3v) is 6.90. The zero-order chi connectivity index (χ0) is 18.2. The lowest BCUT2D eigenvalue weighted by atomic mass is 10.1. The van der Waals surface area contributed by atoms with Crippen LogP contribution < -0.4 is 9.80 Å². The highest BCUT2D eigenvalue weighted by atomic mass is 35.5. The molecule has 5 heterocycles. The molecule has 4 saturated heterocycles. The summed E-state index contributed by atoms with van der Waals surface area (Å²) in [6.45, 7) is 3.77. The molecule has 0 amide bonds. The van der Waals surface area contributed by atoms with Crippen molar-refractivity contribution in [3.05, 3.63) is 11.2 Å². The molecule has 4 aliphatic heterocycles. The van der Waals surface area contributed by atoms with Gasteiger partial charge in [0.1, 0.15) is 5.02 Å². The molecular weight excluding hydrogens is 364 g/mol. The first-order valence-electron chi connectivity index (χ1n) is 10.6. The van der Waals surface area contributed by atoms with Crippen molar-refractivity contribution in [3.8, 4) is 0 Å². The van der Waals surface area contributed by atoms with E-state index in [9.17, 15) is 0 Å². The SMILES string of the molecule is Clc1cnc(N2CCCC2C2CCCO2)nc1N1CCCC1C1CCCO1. The Balaban J connectivity index is 1.40. The van der Waals surface area contributed by atoms with Gasteiger partial charge in [-0.05, 0) is 51.4 Å². The number of hydrogen-bond donors (Lipinski definition) is 0. The van der Waals surface area contributed by atoms with E-state index in [4.69, 9.17) is 26.1 Å². The number of hydrogen-bond acceptors (Lipinski definition) is 6. The number of nitrogens with zero attached hydrogens (tertiary/aromatic N) is 4. The predicted molar refractivity (Wildman–Crippen MR) is 106 cm³/mol. The molecule has 0 N–H and O–H groups in total. The Morgan fingerprint density at radius 1 is 0.852 bits per heavy atom. The van der Waals surface area contributed by atoms with Gasteiger partial charge in [-0.3, -0.25) is 0 Å². The molecule has 148 valence electrons. The van der Waals surface area contributed by atoms with Crippen LogP contribution in [0, 0.1) is 0 Å². The molecule has 4 atom stereocenters. The summed E-state index contributed by atoms with van der Waals surface area (Å²) in [4.78, 5) is 14.3. The highest BCUT2D eigenvalue weighted by molar-refractivity contribution is 6.32. The molecule has 6 nitrogen and oxygen atoms in total. The molecule has 1 aromatic heterocycles. The zero-order valence-corrected chi connectivity index (χ0v) is 16.6. The van der Waals surface area contributed by atoms with Gasteiger partial charge in [0.25, 0.3) is 0 Å². The van der Waals surface area contributed by atoms with E-state index in [0.29, 0.717) is 29.3 Å². The lowest BCUT2D eigenvalue weighted by Crippen LogP contribution is -2.41. The second kappa shape index (κ2) is 7.72. The Morgan fingerprint density at radius 2 is 1.48 bits per heavy atom. The molecule has 7 heteroatoms. The van der Waals surface area contributed by atoms with Gasteiger partial charge < -0.3 is 19.3 Å². The van der Waals surface area contributed by atoms with Gasteiger partial charge in [0, 0.05) is 26.3 Å². The minimum Gasteiger partial charge on any atom is -0.376 e. The largest absolute Gasteiger partial charge is 0.376 e. The summed E-state index contributed by atoms with van der Waals surface area (Å²) in [6, 6.07) is 0.786. The molecule has 4 aliphatic rings. The van der Waals surface area contributed by atoms with E-state index in [1.54, 1.807) is 6.20 Å². The first-order chi connectivity index (χ1) is 13.3. The van der Waals surface area contributed by atoms with Crippen LogP contribution in [0.4, 0.5) is 11.8 Å². The lowest BCUT2D eigenvalue weighted by Gasteiger charge is -2.32. The fourth-order valence-corrected chi connectivity index (χ4v) is 5.57. The van der Waals surface area contributed by atoms with E-state index in [1.165, 1.54) is 19.3 Å². The van der Waals surface area contributed by atoms with Gasteiger partial charge in [-0.15, -0.1) is 0 Å². The number of ether oxygens (including phenoxy) is 2. The Labute approximate surface area is 166 Å². The molecule has 27 heavy (non-hydrogen) atoms. The van der Waals surface area contributed by atoms with Crippen LogP contribution in [0.15, 0.2) is 6.20 Å². The normalized spacial score (nSPS) is 34.1. The van der Waals surface area contributed by atoms with E-state index in [2.05, 4.69) is 14.8 Å². The maximum Gasteiger partial charge on any atom is 0.227 e. The first kappa shape index (κ1) is 18.0. The van der Waals surface area contributed by atoms with Crippen molar-refractivity contribution < 1.29 is 9.47 Å². The quantitative estimate of drug-likeness (QED) is 0.782. The van der Waals surface area contributed by atoms with E-state index in [0.717, 1.165) is 70.2 Å². The summed E-state index contributed by atoms with van der Waals surface area (Å²) in [5.74, 6) is 1.70. The topological polar surface area (TPSA) is 50.7 Å². The van der Waals surface area contributed by atoms with E-state index in [1.807, 2.05) is 0 Å². The molecule has 4 unspecified atom stereocenters. The summed E-state index contributed by atoms with van der Waals surface area (Å²) >= 11 is 6.57.